The maximum atomic E-state index is 5.98. The maximum absolute atomic E-state index is 5.98. The van der Waals surface area contributed by atoms with Crippen LogP contribution in [0.15, 0.2) is 35.1 Å². The van der Waals surface area contributed by atoms with E-state index in [0.717, 1.165) is 4.47 Å². The number of methoxy groups -OCH3 is 1. The number of hydrogen-bond donors (Lipinski definition) is 2. The van der Waals surface area contributed by atoms with Gasteiger partial charge in [-0.1, -0.05) is 15.9 Å². The first-order valence-electron chi connectivity index (χ1n) is 5.97. The monoisotopic (exact) mass is 338 g/mol. The Labute approximate surface area is 125 Å². The molecule has 0 saturated heterocycles. The summed E-state index contributed by atoms with van der Waals surface area (Å²) in [6.45, 7) is 1.17. The minimum Gasteiger partial charge on any atom is -0.437 e. The molecule has 0 atom stereocenters. The van der Waals surface area contributed by atoms with E-state index in [2.05, 4.69) is 31.2 Å². The molecule has 1 aromatic carbocycles. The number of ether oxygens (including phenoxy) is 2. The van der Waals surface area contributed by atoms with Gasteiger partial charge >= 0.3 is 0 Å². The smallest absolute Gasteiger partial charge is 0.248 e. The Morgan fingerprint density at radius 3 is 2.70 bits per heavy atom. The van der Waals surface area contributed by atoms with Crippen LogP contribution in [0.5, 0.6) is 11.6 Å². The van der Waals surface area contributed by atoms with Crippen molar-refractivity contribution in [2.45, 2.75) is 0 Å². The van der Waals surface area contributed by atoms with Crippen molar-refractivity contribution in [3.63, 3.8) is 0 Å². The zero-order valence-electron chi connectivity index (χ0n) is 11.0. The first kappa shape index (κ1) is 14.5. The average Bonchev–Trinajstić information content (AvgIpc) is 2.45. The summed E-state index contributed by atoms with van der Waals surface area (Å²) in [6.07, 6.45) is 1.40. The quantitative estimate of drug-likeness (QED) is 0.788. The second-order valence-corrected chi connectivity index (χ2v) is 4.83. The van der Waals surface area contributed by atoms with Gasteiger partial charge in [0.25, 0.3) is 0 Å². The van der Waals surface area contributed by atoms with Crippen molar-refractivity contribution in [3.8, 4) is 11.6 Å². The van der Waals surface area contributed by atoms with Crippen LogP contribution in [-0.4, -0.2) is 30.2 Å². The largest absolute Gasteiger partial charge is 0.437 e. The third kappa shape index (κ3) is 3.82. The van der Waals surface area contributed by atoms with Gasteiger partial charge in [-0.15, -0.1) is 0 Å². The van der Waals surface area contributed by atoms with Gasteiger partial charge < -0.3 is 20.5 Å². The van der Waals surface area contributed by atoms with Gasteiger partial charge in [0.2, 0.25) is 5.88 Å². The molecule has 1 aromatic heterocycles. The van der Waals surface area contributed by atoms with Crippen molar-refractivity contribution in [2.24, 2.45) is 0 Å². The van der Waals surface area contributed by atoms with E-state index >= 15 is 0 Å². The van der Waals surface area contributed by atoms with Gasteiger partial charge in [0, 0.05) is 18.1 Å². The molecule has 0 amide bonds. The average molecular weight is 339 g/mol. The van der Waals surface area contributed by atoms with Crippen molar-refractivity contribution >= 4 is 27.4 Å². The normalized spacial score (nSPS) is 10.3. The SMILES string of the molecule is COCCNc1ncnc(Oc2ccc(Br)cc2)c1N. The summed E-state index contributed by atoms with van der Waals surface area (Å²) in [6, 6.07) is 7.40. The van der Waals surface area contributed by atoms with Crippen molar-refractivity contribution < 1.29 is 9.47 Å². The summed E-state index contributed by atoms with van der Waals surface area (Å²) in [7, 11) is 1.63. The second-order valence-electron chi connectivity index (χ2n) is 3.92. The topological polar surface area (TPSA) is 82.3 Å². The molecule has 2 rings (SSSR count). The number of nitrogen functional groups attached to an aromatic ring is 1. The van der Waals surface area contributed by atoms with Crippen molar-refractivity contribution in [1.82, 2.24) is 9.97 Å². The summed E-state index contributed by atoms with van der Waals surface area (Å²) < 4.78 is 11.6. The fraction of sp³-hybridized carbons (Fsp3) is 0.231. The zero-order chi connectivity index (χ0) is 14.4. The summed E-state index contributed by atoms with van der Waals surface area (Å²) in [5.74, 6) is 1.51. The molecule has 3 N–H and O–H groups in total. The van der Waals surface area contributed by atoms with Crippen LogP contribution in [0.25, 0.3) is 0 Å². The van der Waals surface area contributed by atoms with Gasteiger partial charge in [-0.05, 0) is 24.3 Å². The fourth-order valence-electron chi connectivity index (χ4n) is 1.49. The van der Waals surface area contributed by atoms with Gasteiger partial charge in [0.15, 0.2) is 5.82 Å². The highest BCUT2D eigenvalue weighted by Gasteiger charge is 2.09. The molecule has 20 heavy (non-hydrogen) atoms. The van der Waals surface area contributed by atoms with Crippen LogP contribution in [0.1, 0.15) is 0 Å². The Morgan fingerprint density at radius 2 is 2.00 bits per heavy atom. The molecule has 0 radical (unpaired) electrons. The number of rotatable bonds is 6. The first-order chi connectivity index (χ1) is 9.70. The van der Waals surface area contributed by atoms with E-state index in [4.69, 9.17) is 15.2 Å². The Kier molecular flexibility index (Phi) is 5.14. The Bertz CT molecular complexity index is 563. The number of nitrogens with one attached hydrogen (secondary N) is 1. The predicted molar refractivity (Wildman–Crippen MR) is 81.0 cm³/mol. The molecule has 0 fully saturated rings. The van der Waals surface area contributed by atoms with Gasteiger partial charge in [0.05, 0.1) is 6.61 Å². The molecule has 1 heterocycles. The predicted octanol–water partition coefficient (Wildman–Crippen LogP) is 2.67. The molecule has 0 unspecified atom stereocenters. The number of benzene rings is 1. The zero-order valence-corrected chi connectivity index (χ0v) is 12.6. The number of nitrogens with two attached hydrogens (primary N) is 1. The second kappa shape index (κ2) is 7.06. The van der Waals surface area contributed by atoms with Crippen LogP contribution in [0, 0.1) is 0 Å². The van der Waals surface area contributed by atoms with Crippen LogP contribution in [0.4, 0.5) is 11.5 Å². The highest BCUT2D eigenvalue weighted by Crippen LogP contribution is 2.29. The minimum absolute atomic E-state index is 0.322. The maximum Gasteiger partial charge on any atom is 0.248 e. The van der Waals surface area contributed by atoms with Crippen molar-refractivity contribution in [1.29, 1.82) is 0 Å². The van der Waals surface area contributed by atoms with E-state index in [1.165, 1.54) is 6.33 Å². The van der Waals surface area contributed by atoms with E-state index in [0.29, 0.717) is 36.3 Å². The molecule has 0 aliphatic rings. The number of aromatic nitrogens is 2. The molecule has 106 valence electrons. The lowest BCUT2D eigenvalue weighted by Crippen LogP contribution is -2.11. The van der Waals surface area contributed by atoms with Crippen LogP contribution in [0.3, 0.4) is 0 Å². The number of halogens is 1. The van der Waals surface area contributed by atoms with E-state index in [9.17, 15) is 0 Å². The van der Waals surface area contributed by atoms with Gasteiger partial charge in [0.1, 0.15) is 17.8 Å². The molecule has 0 aliphatic carbocycles. The van der Waals surface area contributed by atoms with Gasteiger partial charge in [-0.25, -0.2) is 4.98 Å². The highest BCUT2D eigenvalue weighted by molar-refractivity contribution is 9.10. The number of anilines is 2. The lowest BCUT2D eigenvalue weighted by atomic mass is 10.3. The molecule has 0 aliphatic heterocycles. The van der Waals surface area contributed by atoms with Crippen molar-refractivity contribution in [3.05, 3.63) is 35.1 Å². The molecule has 6 nitrogen and oxygen atoms in total. The summed E-state index contributed by atoms with van der Waals surface area (Å²) in [5, 5.41) is 3.06. The highest BCUT2D eigenvalue weighted by atomic mass is 79.9. The van der Waals surface area contributed by atoms with Crippen LogP contribution < -0.4 is 15.8 Å². The number of hydrogen-bond acceptors (Lipinski definition) is 6. The molecular weight excluding hydrogens is 324 g/mol. The molecule has 0 saturated carbocycles. The van der Waals surface area contributed by atoms with Crippen LogP contribution in [0.2, 0.25) is 0 Å². The van der Waals surface area contributed by atoms with E-state index in [1.54, 1.807) is 7.11 Å². The summed E-state index contributed by atoms with van der Waals surface area (Å²) >= 11 is 3.36. The van der Waals surface area contributed by atoms with E-state index in [-0.39, 0.29) is 0 Å². The third-order valence-corrected chi connectivity index (χ3v) is 3.00. The lowest BCUT2D eigenvalue weighted by molar-refractivity contribution is 0.210. The number of nitrogens with zero attached hydrogens (tertiary/aromatic N) is 2. The van der Waals surface area contributed by atoms with Crippen LogP contribution in [-0.2, 0) is 4.74 Å². The first-order valence-corrected chi connectivity index (χ1v) is 6.76. The van der Waals surface area contributed by atoms with Gasteiger partial charge in [-0.3, -0.25) is 0 Å². The lowest BCUT2D eigenvalue weighted by Gasteiger charge is -2.11. The Morgan fingerprint density at radius 1 is 1.25 bits per heavy atom. The summed E-state index contributed by atoms with van der Waals surface area (Å²) in [4.78, 5) is 8.12. The molecule has 7 heteroatoms. The fourth-order valence-corrected chi connectivity index (χ4v) is 1.75. The molecular formula is C13H15BrN4O2. The Hall–Kier alpha value is -1.86. The molecule has 0 bridgehead atoms. The van der Waals surface area contributed by atoms with Crippen molar-refractivity contribution in [2.75, 3.05) is 31.3 Å². The van der Waals surface area contributed by atoms with Gasteiger partial charge in [-0.2, -0.15) is 4.98 Å². The van der Waals surface area contributed by atoms with Crippen LogP contribution >= 0.6 is 15.9 Å². The van der Waals surface area contributed by atoms with E-state index < -0.39 is 0 Å². The van der Waals surface area contributed by atoms with E-state index in [1.807, 2.05) is 24.3 Å². The molecule has 2 aromatic rings. The molecule has 0 spiro atoms. The standard InChI is InChI=1S/C13H15BrN4O2/c1-19-7-6-16-12-11(15)13(18-8-17-12)20-10-4-2-9(14)3-5-10/h2-5,8H,6-7,15H2,1H3,(H,16,17,18). The minimum atomic E-state index is 0.322. The summed E-state index contributed by atoms with van der Waals surface area (Å²) in [5.41, 5.74) is 6.35. The third-order valence-electron chi connectivity index (χ3n) is 2.47. The Balaban J connectivity index is 2.11.